The van der Waals surface area contributed by atoms with E-state index >= 15 is 4.39 Å². The second-order valence-electron chi connectivity index (χ2n) is 8.42. The Morgan fingerprint density at radius 1 is 0.738 bits per heavy atom. The van der Waals surface area contributed by atoms with E-state index in [-0.39, 0.29) is 17.2 Å². The summed E-state index contributed by atoms with van der Waals surface area (Å²) in [4.78, 5) is 25.0. The van der Waals surface area contributed by atoms with Gasteiger partial charge in [0, 0.05) is 33.8 Å². The van der Waals surface area contributed by atoms with Crippen molar-refractivity contribution in [3.63, 3.8) is 0 Å². The summed E-state index contributed by atoms with van der Waals surface area (Å²) in [6.45, 7) is 0. The van der Waals surface area contributed by atoms with E-state index in [1.807, 2.05) is 0 Å². The number of alkyl halides is 10. The van der Waals surface area contributed by atoms with Gasteiger partial charge in [0.05, 0.1) is 16.8 Å². The minimum atomic E-state index is -6.74. The average Bonchev–Trinajstić information content (AvgIpc) is 2.86. The lowest BCUT2D eigenvalue weighted by Crippen LogP contribution is -2.50. The van der Waals surface area contributed by atoms with Crippen LogP contribution in [0, 0.1) is 11.6 Å². The van der Waals surface area contributed by atoms with Gasteiger partial charge in [-0.05, 0) is 52.3 Å². The zero-order valence-electron chi connectivity index (χ0n) is 20.3. The van der Waals surface area contributed by atoms with Gasteiger partial charge in [0.15, 0.2) is 0 Å². The molecule has 3 rings (SSSR count). The van der Waals surface area contributed by atoms with Crippen molar-refractivity contribution >= 4 is 33.4 Å². The van der Waals surface area contributed by atoms with E-state index in [1.165, 1.54) is 7.05 Å². The Morgan fingerprint density at radius 3 is 1.86 bits per heavy atom. The lowest BCUT2D eigenvalue weighted by Gasteiger charge is -2.31. The van der Waals surface area contributed by atoms with Crippen LogP contribution < -0.4 is 10.6 Å². The number of rotatable bonds is 5. The fourth-order valence-corrected chi connectivity index (χ4v) is 4.37. The van der Waals surface area contributed by atoms with Crippen LogP contribution in [0.3, 0.4) is 0 Å². The lowest BCUT2D eigenvalue weighted by atomic mass is 9.91. The number of hydrogen-bond acceptors (Lipinski definition) is 2. The summed E-state index contributed by atoms with van der Waals surface area (Å²) in [7, 11) is 1.20. The fourth-order valence-electron chi connectivity index (χ4n) is 3.81. The second kappa shape index (κ2) is 11.1. The molecule has 0 saturated carbocycles. The van der Waals surface area contributed by atoms with E-state index in [0.29, 0.717) is 0 Å². The maximum Gasteiger partial charge on any atom is 0.435 e. The standard InChI is InChI=1S/C25H13BrF12N2O2/c1-39-20(41)13-6-5-11(27)9-15(13)12-3-2-4-14(18(12)28)21(42)40-19-16(23(30,31)32)7-10(8-17(19)26)22(29,24(33,34)35)25(36,37)38/h2-9H,1H3,(H,39,41)(H,40,42). The van der Waals surface area contributed by atoms with E-state index in [1.54, 1.807) is 5.32 Å². The van der Waals surface area contributed by atoms with Gasteiger partial charge < -0.3 is 10.6 Å². The summed E-state index contributed by atoms with van der Waals surface area (Å²) in [6, 6.07) is 4.27. The third-order valence-corrected chi connectivity index (χ3v) is 6.43. The van der Waals surface area contributed by atoms with Crippen LogP contribution in [0.5, 0.6) is 0 Å². The highest BCUT2D eigenvalue weighted by atomic mass is 79.9. The fraction of sp³-hybridized carbons (Fsp3) is 0.200. The molecule has 0 heterocycles. The molecule has 0 fully saturated rings. The maximum absolute atomic E-state index is 15.5. The molecule has 0 unspecified atom stereocenters. The van der Waals surface area contributed by atoms with Crippen molar-refractivity contribution in [3.8, 4) is 11.1 Å². The molecule has 3 aromatic rings. The minimum Gasteiger partial charge on any atom is -0.355 e. The molecule has 0 bridgehead atoms. The van der Waals surface area contributed by atoms with Gasteiger partial charge in [-0.3, -0.25) is 9.59 Å². The second-order valence-corrected chi connectivity index (χ2v) is 9.28. The van der Waals surface area contributed by atoms with Crippen LogP contribution in [0.25, 0.3) is 11.1 Å². The molecule has 17 heteroatoms. The van der Waals surface area contributed by atoms with E-state index < -0.39 is 86.1 Å². The van der Waals surface area contributed by atoms with Crippen molar-refractivity contribution in [2.75, 3.05) is 12.4 Å². The molecule has 0 aromatic heterocycles. The molecular weight excluding hydrogens is 668 g/mol. The summed E-state index contributed by atoms with van der Waals surface area (Å²) in [5.74, 6) is -4.92. The van der Waals surface area contributed by atoms with Crippen molar-refractivity contribution in [2.45, 2.75) is 24.2 Å². The average molecular weight is 681 g/mol. The number of halogens is 13. The Morgan fingerprint density at radius 2 is 1.33 bits per heavy atom. The number of carbonyl (C=O) groups excluding carboxylic acids is 2. The zero-order valence-corrected chi connectivity index (χ0v) is 21.9. The molecular formula is C25H13BrF12N2O2. The third-order valence-electron chi connectivity index (χ3n) is 5.80. The third kappa shape index (κ3) is 5.91. The van der Waals surface area contributed by atoms with Gasteiger partial charge >= 0.3 is 24.2 Å². The highest BCUT2D eigenvalue weighted by Crippen LogP contribution is 2.55. The number of amides is 2. The van der Waals surface area contributed by atoms with Gasteiger partial charge in [-0.1, -0.05) is 12.1 Å². The van der Waals surface area contributed by atoms with Crippen molar-refractivity contribution in [3.05, 3.63) is 86.9 Å². The molecule has 0 atom stereocenters. The SMILES string of the molecule is CNC(=O)c1ccc(F)cc1-c1cccc(C(=O)Nc2c(Br)cc(C(F)(C(F)(F)F)C(F)(F)F)cc2C(F)(F)F)c1F. The summed E-state index contributed by atoms with van der Waals surface area (Å²) in [5, 5.41) is 3.77. The molecule has 0 aliphatic carbocycles. The molecule has 3 aromatic carbocycles. The van der Waals surface area contributed by atoms with E-state index in [4.69, 9.17) is 0 Å². The van der Waals surface area contributed by atoms with Gasteiger partial charge in [-0.2, -0.15) is 39.5 Å². The van der Waals surface area contributed by atoms with Gasteiger partial charge in [0.1, 0.15) is 11.6 Å². The first-order chi connectivity index (χ1) is 19.1. The first-order valence-electron chi connectivity index (χ1n) is 11.0. The van der Waals surface area contributed by atoms with Crippen LogP contribution in [0.1, 0.15) is 31.8 Å². The zero-order chi connectivity index (χ0) is 32.0. The summed E-state index contributed by atoms with van der Waals surface area (Å²) < 4.78 is 163. The predicted molar refractivity (Wildman–Crippen MR) is 127 cm³/mol. The first-order valence-corrected chi connectivity index (χ1v) is 11.8. The molecule has 0 spiro atoms. The molecule has 4 nitrogen and oxygen atoms in total. The summed E-state index contributed by atoms with van der Waals surface area (Å²) in [6.07, 6.45) is -19.2. The Labute approximate surface area is 235 Å². The van der Waals surface area contributed by atoms with Crippen molar-refractivity contribution in [1.29, 1.82) is 0 Å². The van der Waals surface area contributed by atoms with Crippen molar-refractivity contribution < 1.29 is 62.3 Å². The monoisotopic (exact) mass is 680 g/mol. The summed E-state index contributed by atoms with van der Waals surface area (Å²) in [5.41, 5.74) is -14.8. The van der Waals surface area contributed by atoms with Gasteiger partial charge in [-0.25, -0.2) is 13.2 Å². The number of benzene rings is 3. The molecule has 226 valence electrons. The van der Waals surface area contributed by atoms with Gasteiger partial charge in [0.25, 0.3) is 11.8 Å². The predicted octanol–water partition coefficient (Wildman–Crippen LogP) is 8.31. The maximum atomic E-state index is 15.5. The van der Waals surface area contributed by atoms with Crippen LogP contribution in [-0.4, -0.2) is 31.2 Å². The van der Waals surface area contributed by atoms with Crippen LogP contribution in [0.15, 0.2) is 53.0 Å². The van der Waals surface area contributed by atoms with Gasteiger partial charge in [0.2, 0.25) is 0 Å². The number of nitrogens with one attached hydrogen (secondary N) is 2. The largest absolute Gasteiger partial charge is 0.435 e. The van der Waals surface area contributed by atoms with Crippen LogP contribution >= 0.6 is 15.9 Å². The Kier molecular flexibility index (Phi) is 8.69. The van der Waals surface area contributed by atoms with Gasteiger partial charge in [-0.15, -0.1) is 0 Å². The highest BCUT2D eigenvalue weighted by molar-refractivity contribution is 9.10. The molecule has 2 N–H and O–H groups in total. The molecule has 0 aliphatic rings. The van der Waals surface area contributed by atoms with E-state index in [0.717, 1.165) is 36.4 Å². The number of carbonyl (C=O) groups is 2. The Bertz CT molecular complexity index is 1530. The van der Waals surface area contributed by atoms with Crippen LogP contribution in [0.4, 0.5) is 58.4 Å². The topological polar surface area (TPSA) is 58.2 Å². The Hall–Kier alpha value is -3.76. The molecule has 2 amide bonds. The smallest absolute Gasteiger partial charge is 0.355 e. The number of anilines is 1. The van der Waals surface area contributed by atoms with Crippen LogP contribution in [-0.2, 0) is 11.8 Å². The van der Waals surface area contributed by atoms with Crippen LogP contribution in [0.2, 0.25) is 0 Å². The molecule has 0 aliphatic heterocycles. The molecule has 0 radical (unpaired) electrons. The van der Waals surface area contributed by atoms with E-state index in [9.17, 15) is 57.9 Å². The lowest BCUT2D eigenvalue weighted by molar-refractivity contribution is -0.348. The van der Waals surface area contributed by atoms with Crippen molar-refractivity contribution in [2.24, 2.45) is 0 Å². The molecule has 0 saturated heterocycles. The highest BCUT2D eigenvalue weighted by Gasteiger charge is 2.73. The Balaban J connectivity index is 2.18. The first kappa shape index (κ1) is 32.8. The minimum absolute atomic E-state index is 0.263. The normalized spacial score (nSPS) is 12.7. The quantitative estimate of drug-likeness (QED) is 0.267. The number of hydrogen-bond donors (Lipinski definition) is 2. The van der Waals surface area contributed by atoms with E-state index in [2.05, 4.69) is 21.2 Å². The molecule has 42 heavy (non-hydrogen) atoms. The summed E-state index contributed by atoms with van der Waals surface area (Å²) >= 11 is 2.33. The van der Waals surface area contributed by atoms with Crippen molar-refractivity contribution in [1.82, 2.24) is 5.32 Å².